The number of pyridine rings is 1. The average Bonchev–Trinajstić information content (AvgIpc) is 2.70. The largest absolute Gasteiger partial charge is 0.294 e. The lowest BCUT2D eigenvalue weighted by Crippen LogP contribution is -2.32. The fourth-order valence-corrected chi connectivity index (χ4v) is 3.13. The molecule has 0 unspecified atom stereocenters. The topological polar surface area (TPSA) is 41.9 Å². The summed E-state index contributed by atoms with van der Waals surface area (Å²) in [4.78, 5) is 14.6. The second-order valence-electron chi connectivity index (χ2n) is 6.31. The van der Waals surface area contributed by atoms with Gasteiger partial charge in [0.1, 0.15) is 0 Å². The van der Waals surface area contributed by atoms with Gasteiger partial charge >= 0.3 is 0 Å². The van der Waals surface area contributed by atoms with Crippen molar-refractivity contribution in [2.24, 2.45) is 0 Å². The standard InChI is InChI=1S/C19H14F4N4/c20-14-6-15(21)18(23)13(17(14)22)10-27-5-3-16-12(9-27)8-25-19(26-16)11-2-1-4-24-7-11/h1-2,4,6-8H,3,5,9-10H2. The molecule has 27 heavy (non-hydrogen) atoms. The van der Waals surface area contributed by atoms with Crippen LogP contribution in [-0.2, 0) is 19.5 Å². The number of halogens is 4. The summed E-state index contributed by atoms with van der Waals surface area (Å²) < 4.78 is 54.6. The fraction of sp³-hybridized carbons (Fsp3) is 0.211. The van der Waals surface area contributed by atoms with Gasteiger partial charge in [-0.1, -0.05) is 0 Å². The van der Waals surface area contributed by atoms with Gasteiger partial charge in [0.2, 0.25) is 0 Å². The van der Waals surface area contributed by atoms with E-state index in [-0.39, 0.29) is 12.6 Å². The zero-order chi connectivity index (χ0) is 19.0. The molecular formula is C19H14F4N4. The maximum atomic E-state index is 13.9. The summed E-state index contributed by atoms with van der Waals surface area (Å²) in [6.07, 6.45) is 5.52. The lowest BCUT2D eigenvalue weighted by atomic mass is 10.1. The number of hydrogen-bond donors (Lipinski definition) is 0. The first-order valence-electron chi connectivity index (χ1n) is 8.32. The van der Waals surface area contributed by atoms with Crippen molar-refractivity contribution in [3.8, 4) is 11.4 Å². The summed E-state index contributed by atoms with van der Waals surface area (Å²) in [6, 6.07) is 3.86. The van der Waals surface area contributed by atoms with Gasteiger partial charge in [0.15, 0.2) is 29.1 Å². The molecular weight excluding hydrogens is 360 g/mol. The van der Waals surface area contributed by atoms with Gasteiger partial charge in [-0.05, 0) is 12.1 Å². The second kappa shape index (κ2) is 7.03. The molecule has 8 heteroatoms. The number of nitrogens with zero attached hydrogens (tertiary/aromatic N) is 4. The monoisotopic (exact) mass is 374 g/mol. The minimum Gasteiger partial charge on any atom is -0.294 e. The highest BCUT2D eigenvalue weighted by Gasteiger charge is 2.24. The van der Waals surface area contributed by atoms with E-state index in [1.54, 1.807) is 29.6 Å². The molecule has 0 fully saturated rings. The molecule has 0 spiro atoms. The van der Waals surface area contributed by atoms with E-state index >= 15 is 0 Å². The fourth-order valence-electron chi connectivity index (χ4n) is 3.13. The second-order valence-corrected chi connectivity index (χ2v) is 6.31. The molecule has 0 radical (unpaired) electrons. The quantitative estimate of drug-likeness (QED) is 0.518. The van der Waals surface area contributed by atoms with Crippen LogP contribution in [0.1, 0.15) is 16.8 Å². The van der Waals surface area contributed by atoms with Crippen molar-refractivity contribution >= 4 is 0 Å². The summed E-state index contributed by atoms with van der Waals surface area (Å²) >= 11 is 0. The van der Waals surface area contributed by atoms with E-state index in [4.69, 9.17) is 0 Å². The zero-order valence-electron chi connectivity index (χ0n) is 14.1. The molecule has 1 aliphatic rings. The zero-order valence-corrected chi connectivity index (χ0v) is 14.1. The summed E-state index contributed by atoms with van der Waals surface area (Å²) in [5.74, 6) is -4.96. The Kier molecular flexibility index (Phi) is 4.57. The van der Waals surface area contributed by atoms with Gasteiger partial charge in [0.25, 0.3) is 0 Å². The lowest BCUT2D eigenvalue weighted by Gasteiger charge is -2.28. The van der Waals surface area contributed by atoms with Crippen LogP contribution >= 0.6 is 0 Å². The molecule has 0 N–H and O–H groups in total. The van der Waals surface area contributed by atoms with Crippen LogP contribution in [0.2, 0.25) is 0 Å². The van der Waals surface area contributed by atoms with Gasteiger partial charge in [-0.15, -0.1) is 0 Å². The highest BCUT2D eigenvalue weighted by molar-refractivity contribution is 5.53. The molecule has 0 saturated carbocycles. The molecule has 0 saturated heterocycles. The lowest BCUT2D eigenvalue weighted by molar-refractivity contribution is 0.233. The maximum Gasteiger partial charge on any atom is 0.166 e. The van der Waals surface area contributed by atoms with Crippen molar-refractivity contribution in [2.75, 3.05) is 6.54 Å². The van der Waals surface area contributed by atoms with Crippen LogP contribution in [0.25, 0.3) is 11.4 Å². The SMILES string of the molecule is Fc1cc(F)c(F)c(CN2CCc3nc(-c4cccnc4)ncc3C2)c1F. The van der Waals surface area contributed by atoms with E-state index in [2.05, 4.69) is 15.0 Å². The predicted molar refractivity (Wildman–Crippen MR) is 89.4 cm³/mol. The number of fused-ring (bicyclic) bond motifs is 1. The third-order valence-electron chi connectivity index (χ3n) is 4.52. The Morgan fingerprint density at radius 2 is 1.81 bits per heavy atom. The van der Waals surface area contributed by atoms with Crippen LogP contribution in [0.4, 0.5) is 17.6 Å². The maximum absolute atomic E-state index is 13.9. The van der Waals surface area contributed by atoms with Gasteiger partial charge in [-0.3, -0.25) is 9.88 Å². The minimum atomic E-state index is -1.40. The van der Waals surface area contributed by atoms with Crippen molar-refractivity contribution in [2.45, 2.75) is 19.5 Å². The number of hydrogen-bond acceptors (Lipinski definition) is 4. The number of benzene rings is 1. The number of aromatic nitrogens is 3. The third-order valence-corrected chi connectivity index (χ3v) is 4.52. The molecule has 1 aliphatic heterocycles. The highest BCUT2D eigenvalue weighted by Crippen LogP contribution is 2.25. The molecule has 1 aromatic carbocycles. The van der Waals surface area contributed by atoms with Crippen LogP contribution in [-0.4, -0.2) is 26.4 Å². The summed E-state index contributed by atoms with van der Waals surface area (Å²) in [7, 11) is 0. The molecule has 2 aromatic heterocycles. The average molecular weight is 374 g/mol. The van der Waals surface area contributed by atoms with Gasteiger partial charge < -0.3 is 0 Å². The molecule has 0 amide bonds. The van der Waals surface area contributed by atoms with Crippen LogP contribution in [0, 0.1) is 23.3 Å². The van der Waals surface area contributed by atoms with Gasteiger partial charge in [-0.25, -0.2) is 27.5 Å². The smallest absolute Gasteiger partial charge is 0.166 e. The van der Waals surface area contributed by atoms with E-state index in [1.807, 2.05) is 6.07 Å². The van der Waals surface area contributed by atoms with Gasteiger partial charge in [0.05, 0.1) is 5.69 Å². The third kappa shape index (κ3) is 3.40. The van der Waals surface area contributed by atoms with Crippen molar-refractivity contribution in [3.05, 3.63) is 76.9 Å². The van der Waals surface area contributed by atoms with Crippen LogP contribution in [0.5, 0.6) is 0 Å². The summed E-state index contributed by atoms with van der Waals surface area (Å²) in [6.45, 7) is 0.545. The minimum absolute atomic E-state index is 0.216. The first kappa shape index (κ1) is 17.5. The van der Waals surface area contributed by atoms with E-state index in [0.717, 1.165) is 16.8 Å². The molecule has 138 valence electrons. The van der Waals surface area contributed by atoms with Crippen LogP contribution in [0.3, 0.4) is 0 Å². The van der Waals surface area contributed by atoms with Crippen LogP contribution in [0.15, 0.2) is 36.8 Å². The number of rotatable bonds is 3. The molecule has 3 aromatic rings. The Hall–Kier alpha value is -2.87. The first-order chi connectivity index (χ1) is 13.0. The Morgan fingerprint density at radius 1 is 1.04 bits per heavy atom. The molecule has 0 bridgehead atoms. The predicted octanol–water partition coefficient (Wildman–Crippen LogP) is 3.65. The molecule has 0 atom stereocenters. The van der Waals surface area contributed by atoms with Crippen LogP contribution < -0.4 is 0 Å². The Balaban J connectivity index is 1.56. The van der Waals surface area contributed by atoms with E-state index in [0.29, 0.717) is 25.3 Å². The summed E-state index contributed by atoms with van der Waals surface area (Å²) in [5.41, 5.74) is 1.84. The van der Waals surface area contributed by atoms with Crippen molar-refractivity contribution in [3.63, 3.8) is 0 Å². The Bertz CT molecular complexity index is 968. The highest BCUT2D eigenvalue weighted by atomic mass is 19.2. The Labute approximate surface area is 152 Å². The molecule has 3 heterocycles. The van der Waals surface area contributed by atoms with Crippen molar-refractivity contribution < 1.29 is 17.6 Å². The van der Waals surface area contributed by atoms with E-state index in [1.165, 1.54) is 0 Å². The molecule has 4 rings (SSSR count). The molecule has 4 nitrogen and oxygen atoms in total. The first-order valence-corrected chi connectivity index (χ1v) is 8.32. The van der Waals surface area contributed by atoms with E-state index < -0.39 is 28.8 Å². The van der Waals surface area contributed by atoms with Gasteiger partial charge in [-0.2, -0.15) is 0 Å². The summed E-state index contributed by atoms with van der Waals surface area (Å²) in [5, 5.41) is 0. The Morgan fingerprint density at radius 3 is 2.52 bits per heavy atom. The van der Waals surface area contributed by atoms with E-state index in [9.17, 15) is 17.6 Å². The molecule has 0 aliphatic carbocycles. The van der Waals surface area contributed by atoms with Crippen molar-refractivity contribution in [1.82, 2.24) is 19.9 Å². The van der Waals surface area contributed by atoms with Crippen molar-refractivity contribution in [1.29, 1.82) is 0 Å². The normalized spacial score (nSPS) is 14.2. The van der Waals surface area contributed by atoms with Gasteiger partial charge in [0, 0.05) is 67.4 Å².